The van der Waals surface area contributed by atoms with Gasteiger partial charge in [0.1, 0.15) is 23.3 Å². The van der Waals surface area contributed by atoms with Gasteiger partial charge in [-0.3, -0.25) is 4.79 Å². The lowest BCUT2D eigenvalue weighted by molar-refractivity contribution is -0.125. The fourth-order valence-electron chi connectivity index (χ4n) is 3.02. The molecule has 0 radical (unpaired) electrons. The number of anilines is 1. The highest BCUT2D eigenvalue weighted by atomic mass is 16.2. The van der Waals surface area contributed by atoms with Gasteiger partial charge >= 0.3 is 0 Å². The van der Waals surface area contributed by atoms with Crippen molar-refractivity contribution in [3.8, 4) is 0 Å². The van der Waals surface area contributed by atoms with Crippen molar-refractivity contribution in [2.45, 2.75) is 39.7 Å². The van der Waals surface area contributed by atoms with E-state index in [1.807, 2.05) is 25.3 Å². The molecule has 3 N–H and O–H groups in total. The first-order valence-electron chi connectivity index (χ1n) is 6.89. The maximum absolute atomic E-state index is 12.2. The number of nitrogens with zero attached hydrogens (tertiary/aromatic N) is 3. The number of nitrogens with one attached hydrogen (secondary N) is 1. The number of hydrogen-bond acceptors (Lipinski definition) is 4. The minimum atomic E-state index is -0.200. The number of carbonyl (C=O) groups excluding carboxylic acids is 1. The standard InChI is InChI=1S/C14H19N5O/c1-7-8(2)19(10-5-4-6-16-14(10)20)13-11(7)12(15)17-9(3)18-13/h10H,4-6H2,1-3H3,(H,16,20)(H2,15,17,18). The SMILES string of the molecule is Cc1nc(N)c2c(C)c(C)n(C3CCCNC3=O)c2n1. The molecule has 1 atom stereocenters. The molecule has 1 saturated heterocycles. The largest absolute Gasteiger partial charge is 0.383 e. The number of nitrogens with two attached hydrogens (primary N) is 1. The van der Waals surface area contributed by atoms with Crippen molar-refractivity contribution in [3.63, 3.8) is 0 Å². The summed E-state index contributed by atoms with van der Waals surface area (Å²) in [5, 5.41) is 3.79. The fraction of sp³-hybridized carbons (Fsp3) is 0.500. The first kappa shape index (κ1) is 12.9. The van der Waals surface area contributed by atoms with E-state index in [2.05, 4.69) is 15.3 Å². The summed E-state index contributed by atoms with van der Waals surface area (Å²) in [6, 6.07) is -0.200. The third-order valence-corrected chi connectivity index (χ3v) is 4.10. The van der Waals surface area contributed by atoms with Crippen molar-refractivity contribution in [1.29, 1.82) is 0 Å². The molecule has 6 nitrogen and oxygen atoms in total. The van der Waals surface area contributed by atoms with E-state index >= 15 is 0 Å². The quantitative estimate of drug-likeness (QED) is 0.822. The van der Waals surface area contributed by atoms with Crippen LogP contribution in [0, 0.1) is 20.8 Å². The van der Waals surface area contributed by atoms with Crippen LogP contribution >= 0.6 is 0 Å². The van der Waals surface area contributed by atoms with Crippen molar-refractivity contribution < 1.29 is 4.79 Å². The number of rotatable bonds is 1. The van der Waals surface area contributed by atoms with Crippen LogP contribution in [0.25, 0.3) is 11.0 Å². The molecule has 1 aliphatic heterocycles. The Morgan fingerprint density at radius 2 is 2.05 bits per heavy atom. The molecule has 0 saturated carbocycles. The highest BCUT2D eigenvalue weighted by molar-refractivity contribution is 5.93. The van der Waals surface area contributed by atoms with Crippen LogP contribution in [0.3, 0.4) is 0 Å². The third kappa shape index (κ3) is 1.75. The van der Waals surface area contributed by atoms with Crippen molar-refractivity contribution in [3.05, 3.63) is 17.1 Å². The molecular formula is C14H19N5O. The zero-order valence-corrected chi connectivity index (χ0v) is 12.0. The van der Waals surface area contributed by atoms with Gasteiger partial charge in [-0.15, -0.1) is 0 Å². The van der Waals surface area contributed by atoms with Crippen LogP contribution in [-0.2, 0) is 4.79 Å². The molecule has 2 aromatic heterocycles. The van der Waals surface area contributed by atoms with Crippen molar-refractivity contribution >= 4 is 22.8 Å². The average Bonchev–Trinajstić information content (AvgIpc) is 2.63. The minimum absolute atomic E-state index is 0.0612. The lowest BCUT2D eigenvalue weighted by Gasteiger charge is -2.25. The van der Waals surface area contributed by atoms with Gasteiger partial charge in [-0.25, -0.2) is 9.97 Å². The Morgan fingerprint density at radius 3 is 2.75 bits per heavy atom. The molecule has 1 unspecified atom stereocenters. The number of aryl methyl sites for hydroxylation is 2. The summed E-state index contributed by atoms with van der Waals surface area (Å²) in [5.41, 5.74) is 8.90. The molecule has 6 heteroatoms. The lowest BCUT2D eigenvalue weighted by Crippen LogP contribution is -2.38. The van der Waals surface area contributed by atoms with Crippen molar-refractivity contribution in [2.24, 2.45) is 0 Å². The van der Waals surface area contributed by atoms with Gasteiger partial charge in [0.2, 0.25) is 5.91 Å². The minimum Gasteiger partial charge on any atom is -0.383 e. The molecule has 20 heavy (non-hydrogen) atoms. The summed E-state index contributed by atoms with van der Waals surface area (Å²) < 4.78 is 2.02. The Hall–Kier alpha value is -2.11. The Labute approximate surface area is 117 Å². The molecule has 1 fully saturated rings. The topological polar surface area (TPSA) is 85.8 Å². The Bertz CT molecular complexity index is 703. The van der Waals surface area contributed by atoms with E-state index in [0.29, 0.717) is 11.6 Å². The van der Waals surface area contributed by atoms with Crippen LogP contribution in [0.2, 0.25) is 0 Å². The summed E-state index contributed by atoms with van der Waals surface area (Å²) in [6.07, 6.45) is 1.81. The highest BCUT2D eigenvalue weighted by Crippen LogP contribution is 2.32. The Kier molecular flexibility index (Phi) is 2.88. The molecule has 0 bridgehead atoms. The van der Waals surface area contributed by atoms with Gasteiger partial charge in [0.15, 0.2) is 0 Å². The average molecular weight is 273 g/mol. The number of fused-ring (bicyclic) bond motifs is 1. The first-order valence-corrected chi connectivity index (χ1v) is 6.89. The highest BCUT2D eigenvalue weighted by Gasteiger charge is 2.28. The predicted molar refractivity (Wildman–Crippen MR) is 77.4 cm³/mol. The number of amides is 1. The van der Waals surface area contributed by atoms with Gasteiger partial charge in [0, 0.05) is 12.2 Å². The van der Waals surface area contributed by atoms with Gasteiger partial charge < -0.3 is 15.6 Å². The van der Waals surface area contributed by atoms with E-state index < -0.39 is 0 Å². The van der Waals surface area contributed by atoms with Crippen LogP contribution in [0.5, 0.6) is 0 Å². The third-order valence-electron chi connectivity index (χ3n) is 4.10. The zero-order chi connectivity index (χ0) is 14.4. The molecule has 3 rings (SSSR count). The lowest BCUT2D eigenvalue weighted by atomic mass is 10.1. The molecule has 0 aliphatic carbocycles. The van der Waals surface area contributed by atoms with Gasteiger partial charge in [0.05, 0.1) is 5.39 Å². The molecule has 2 aromatic rings. The monoisotopic (exact) mass is 273 g/mol. The van der Waals surface area contributed by atoms with E-state index in [1.165, 1.54) is 0 Å². The summed E-state index contributed by atoms with van der Waals surface area (Å²) in [7, 11) is 0. The molecule has 106 valence electrons. The van der Waals surface area contributed by atoms with E-state index in [4.69, 9.17) is 5.73 Å². The summed E-state index contributed by atoms with van der Waals surface area (Å²) in [4.78, 5) is 20.9. The number of carbonyl (C=O) groups is 1. The number of hydrogen-bond donors (Lipinski definition) is 2. The van der Waals surface area contributed by atoms with Gasteiger partial charge in [-0.1, -0.05) is 0 Å². The van der Waals surface area contributed by atoms with Gasteiger partial charge in [-0.2, -0.15) is 0 Å². The van der Waals surface area contributed by atoms with Crippen LogP contribution in [0.4, 0.5) is 5.82 Å². The second-order valence-electron chi connectivity index (χ2n) is 5.38. The molecule has 1 amide bonds. The predicted octanol–water partition coefficient (Wildman–Crippen LogP) is 1.39. The van der Waals surface area contributed by atoms with Crippen molar-refractivity contribution in [2.75, 3.05) is 12.3 Å². The van der Waals surface area contributed by atoms with E-state index in [9.17, 15) is 4.79 Å². The Balaban J connectivity index is 2.29. The van der Waals surface area contributed by atoms with Gasteiger partial charge in [0.25, 0.3) is 0 Å². The number of nitrogen functional groups attached to an aromatic ring is 1. The normalized spacial score (nSPS) is 19.4. The zero-order valence-electron chi connectivity index (χ0n) is 12.0. The Morgan fingerprint density at radius 1 is 1.30 bits per heavy atom. The first-order chi connectivity index (χ1) is 9.50. The molecule has 0 spiro atoms. The summed E-state index contributed by atoms with van der Waals surface area (Å²) in [6.45, 7) is 6.58. The van der Waals surface area contributed by atoms with Crippen LogP contribution in [0.15, 0.2) is 0 Å². The number of piperidine rings is 1. The maximum atomic E-state index is 12.2. The molecule has 3 heterocycles. The van der Waals surface area contributed by atoms with Crippen LogP contribution in [-0.4, -0.2) is 27.0 Å². The molecule has 1 aliphatic rings. The van der Waals surface area contributed by atoms with Crippen LogP contribution in [0.1, 0.15) is 36.0 Å². The number of aromatic nitrogens is 3. The van der Waals surface area contributed by atoms with Gasteiger partial charge in [-0.05, 0) is 39.2 Å². The van der Waals surface area contributed by atoms with Crippen molar-refractivity contribution in [1.82, 2.24) is 19.9 Å². The van der Waals surface area contributed by atoms with E-state index in [1.54, 1.807) is 0 Å². The van der Waals surface area contributed by atoms with E-state index in [0.717, 1.165) is 41.7 Å². The molecular weight excluding hydrogens is 254 g/mol. The summed E-state index contributed by atoms with van der Waals surface area (Å²) in [5.74, 6) is 1.18. The second-order valence-corrected chi connectivity index (χ2v) is 5.38. The molecule has 0 aromatic carbocycles. The fourth-order valence-corrected chi connectivity index (χ4v) is 3.02. The summed E-state index contributed by atoms with van der Waals surface area (Å²) >= 11 is 0. The maximum Gasteiger partial charge on any atom is 0.243 e. The smallest absolute Gasteiger partial charge is 0.243 e. The van der Waals surface area contributed by atoms with E-state index in [-0.39, 0.29) is 11.9 Å². The van der Waals surface area contributed by atoms with Crippen LogP contribution < -0.4 is 11.1 Å². The second kappa shape index (κ2) is 4.47.